The molecule has 1 aliphatic rings. The standard InChI is InChI=1S/C11H14Br2N2O2S/c1-6(7-2-3-7)15-18(16,17)11-9(12)4-8(14)5-10(11)13/h4-7,15H,2-3,14H2,1H3. The van der Waals surface area contributed by atoms with Crippen LogP contribution >= 0.6 is 31.9 Å². The first kappa shape index (κ1) is 14.3. The van der Waals surface area contributed by atoms with Crippen molar-refractivity contribution in [2.45, 2.75) is 30.7 Å². The molecule has 1 unspecified atom stereocenters. The van der Waals surface area contributed by atoms with E-state index in [1.807, 2.05) is 6.92 Å². The Morgan fingerprint density at radius 2 is 1.83 bits per heavy atom. The number of halogens is 2. The number of hydrogen-bond acceptors (Lipinski definition) is 3. The minimum Gasteiger partial charge on any atom is -0.399 e. The lowest BCUT2D eigenvalue weighted by Crippen LogP contribution is -2.34. The van der Waals surface area contributed by atoms with E-state index in [0.29, 0.717) is 20.6 Å². The van der Waals surface area contributed by atoms with Crippen molar-refractivity contribution in [2.24, 2.45) is 5.92 Å². The van der Waals surface area contributed by atoms with E-state index in [1.54, 1.807) is 12.1 Å². The van der Waals surface area contributed by atoms with Crippen molar-refractivity contribution in [2.75, 3.05) is 5.73 Å². The number of benzene rings is 1. The molecule has 1 atom stereocenters. The van der Waals surface area contributed by atoms with Crippen molar-refractivity contribution in [3.63, 3.8) is 0 Å². The SMILES string of the molecule is CC(NS(=O)(=O)c1c(Br)cc(N)cc1Br)C1CC1. The molecular formula is C11H14Br2N2O2S. The van der Waals surface area contributed by atoms with E-state index in [2.05, 4.69) is 36.6 Å². The van der Waals surface area contributed by atoms with Gasteiger partial charge >= 0.3 is 0 Å². The summed E-state index contributed by atoms with van der Waals surface area (Å²) in [5.41, 5.74) is 6.16. The molecule has 18 heavy (non-hydrogen) atoms. The van der Waals surface area contributed by atoms with E-state index in [1.165, 1.54) is 0 Å². The quantitative estimate of drug-likeness (QED) is 0.767. The second kappa shape index (κ2) is 5.11. The average Bonchev–Trinajstić information content (AvgIpc) is 2.95. The predicted octanol–water partition coefficient (Wildman–Crippen LogP) is 2.87. The van der Waals surface area contributed by atoms with Gasteiger partial charge in [-0.25, -0.2) is 13.1 Å². The third kappa shape index (κ3) is 3.07. The van der Waals surface area contributed by atoms with Crippen LogP contribution in [-0.4, -0.2) is 14.5 Å². The molecule has 1 aromatic carbocycles. The summed E-state index contributed by atoms with van der Waals surface area (Å²) in [4.78, 5) is 0.198. The summed E-state index contributed by atoms with van der Waals surface area (Å²) in [7, 11) is -3.54. The maximum atomic E-state index is 12.3. The molecule has 0 aromatic heterocycles. The largest absolute Gasteiger partial charge is 0.399 e. The van der Waals surface area contributed by atoms with Crippen LogP contribution in [0.2, 0.25) is 0 Å². The van der Waals surface area contributed by atoms with E-state index in [-0.39, 0.29) is 10.9 Å². The first-order valence-electron chi connectivity index (χ1n) is 5.58. The van der Waals surface area contributed by atoms with E-state index in [4.69, 9.17) is 5.73 Å². The summed E-state index contributed by atoms with van der Waals surface area (Å²) in [5.74, 6) is 0.464. The van der Waals surface area contributed by atoms with Gasteiger partial charge in [0, 0.05) is 20.7 Å². The third-order valence-corrected chi connectivity index (χ3v) is 6.39. The first-order valence-corrected chi connectivity index (χ1v) is 8.65. The Morgan fingerprint density at radius 1 is 1.33 bits per heavy atom. The van der Waals surface area contributed by atoms with Crippen LogP contribution in [0.4, 0.5) is 5.69 Å². The lowest BCUT2D eigenvalue weighted by Gasteiger charge is -2.15. The highest BCUT2D eigenvalue weighted by atomic mass is 79.9. The number of anilines is 1. The van der Waals surface area contributed by atoms with Gasteiger partial charge in [0.15, 0.2) is 0 Å². The summed E-state index contributed by atoms with van der Waals surface area (Å²) >= 11 is 6.49. The van der Waals surface area contributed by atoms with Crippen LogP contribution in [0.5, 0.6) is 0 Å². The van der Waals surface area contributed by atoms with Crippen molar-refractivity contribution in [1.82, 2.24) is 4.72 Å². The zero-order valence-electron chi connectivity index (χ0n) is 9.78. The zero-order valence-corrected chi connectivity index (χ0v) is 13.8. The molecule has 0 aliphatic heterocycles. The Bertz CT molecular complexity index is 547. The average molecular weight is 398 g/mol. The van der Waals surface area contributed by atoms with Gasteiger partial charge < -0.3 is 5.73 Å². The fraction of sp³-hybridized carbons (Fsp3) is 0.455. The molecule has 1 fully saturated rings. The van der Waals surface area contributed by atoms with Crippen LogP contribution in [0, 0.1) is 5.92 Å². The predicted molar refractivity (Wildman–Crippen MR) is 78.8 cm³/mol. The number of nitrogens with one attached hydrogen (secondary N) is 1. The van der Waals surface area contributed by atoms with Crippen molar-refractivity contribution in [3.8, 4) is 0 Å². The van der Waals surface area contributed by atoms with Crippen molar-refractivity contribution in [3.05, 3.63) is 21.1 Å². The second-order valence-electron chi connectivity index (χ2n) is 4.56. The number of sulfonamides is 1. The Kier molecular flexibility index (Phi) is 4.06. The molecule has 0 bridgehead atoms. The minimum atomic E-state index is -3.54. The van der Waals surface area contributed by atoms with Crippen LogP contribution in [0.25, 0.3) is 0 Å². The summed E-state index contributed by atoms with van der Waals surface area (Å²) in [6.07, 6.45) is 2.18. The van der Waals surface area contributed by atoms with Crippen molar-refractivity contribution < 1.29 is 8.42 Å². The number of nitrogen functional groups attached to an aromatic ring is 1. The highest BCUT2D eigenvalue weighted by molar-refractivity contribution is 9.11. The highest BCUT2D eigenvalue weighted by Gasteiger charge is 2.32. The molecule has 1 aromatic rings. The van der Waals surface area contributed by atoms with Crippen LogP contribution in [0.1, 0.15) is 19.8 Å². The maximum Gasteiger partial charge on any atom is 0.243 e. The molecule has 2 rings (SSSR count). The molecule has 100 valence electrons. The van der Waals surface area contributed by atoms with Crippen LogP contribution in [0.15, 0.2) is 26.0 Å². The van der Waals surface area contributed by atoms with Gasteiger partial charge in [-0.15, -0.1) is 0 Å². The van der Waals surface area contributed by atoms with Crippen molar-refractivity contribution >= 4 is 47.6 Å². The molecule has 0 radical (unpaired) electrons. The highest BCUT2D eigenvalue weighted by Crippen LogP contribution is 2.35. The summed E-state index contributed by atoms with van der Waals surface area (Å²) < 4.78 is 28.3. The van der Waals surface area contributed by atoms with E-state index in [0.717, 1.165) is 12.8 Å². The summed E-state index contributed by atoms with van der Waals surface area (Å²) in [6, 6.07) is 3.13. The van der Waals surface area contributed by atoms with Gasteiger partial charge in [0.25, 0.3) is 0 Å². The van der Waals surface area contributed by atoms with E-state index in [9.17, 15) is 8.42 Å². The lowest BCUT2D eigenvalue weighted by atomic mass is 10.2. The fourth-order valence-electron chi connectivity index (χ4n) is 1.83. The second-order valence-corrected chi connectivity index (χ2v) is 7.92. The normalized spacial score (nSPS) is 17.7. The molecule has 0 saturated heterocycles. The molecule has 1 aliphatic carbocycles. The van der Waals surface area contributed by atoms with Gasteiger partial charge in [-0.1, -0.05) is 0 Å². The fourth-order valence-corrected chi connectivity index (χ4v) is 5.76. The Hall–Kier alpha value is -0.110. The number of nitrogens with two attached hydrogens (primary N) is 1. The van der Waals surface area contributed by atoms with Gasteiger partial charge in [-0.2, -0.15) is 0 Å². The Balaban J connectivity index is 2.34. The van der Waals surface area contributed by atoms with E-state index < -0.39 is 10.0 Å². The Labute approximate surface area is 124 Å². The first-order chi connectivity index (χ1) is 8.31. The van der Waals surface area contributed by atoms with E-state index >= 15 is 0 Å². The molecule has 3 N–H and O–H groups in total. The topological polar surface area (TPSA) is 72.2 Å². The number of hydrogen-bond donors (Lipinski definition) is 2. The minimum absolute atomic E-state index is 0.0358. The van der Waals surface area contributed by atoms with Crippen LogP contribution < -0.4 is 10.5 Å². The molecule has 1 saturated carbocycles. The smallest absolute Gasteiger partial charge is 0.243 e. The van der Waals surface area contributed by atoms with Gasteiger partial charge in [0.1, 0.15) is 4.90 Å². The zero-order chi connectivity index (χ0) is 13.5. The number of rotatable bonds is 4. The third-order valence-electron chi connectivity index (χ3n) is 2.96. The molecular weight excluding hydrogens is 384 g/mol. The lowest BCUT2D eigenvalue weighted by molar-refractivity contribution is 0.537. The molecule has 0 heterocycles. The van der Waals surface area contributed by atoms with Gasteiger partial charge in [0.2, 0.25) is 10.0 Å². The molecule has 4 nitrogen and oxygen atoms in total. The van der Waals surface area contributed by atoms with Crippen LogP contribution in [0.3, 0.4) is 0 Å². The molecule has 0 spiro atoms. The summed E-state index contributed by atoms with van der Waals surface area (Å²) in [6.45, 7) is 1.90. The maximum absolute atomic E-state index is 12.3. The monoisotopic (exact) mass is 396 g/mol. The summed E-state index contributed by atoms with van der Waals surface area (Å²) in [5, 5.41) is 0. The van der Waals surface area contributed by atoms with Gasteiger partial charge in [0.05, 0.1) is 0 Å². The van der Waals surface area contributed by atoms with Gasteiger partial charge in [-0.05, 0) is 69.7 Å². The van der Waals surface area contributed by atoms with Crippen LogP contribution in [-0.2, 0) is 10.0 Å². The van der Waals surface area contributed by atoms with Gasteiger partial charge in [-0.3, -0.25) is 0 Å². The van der Waals surface area contributed by atoms with Crippen molar-refractivity contribution in [1.29, 1.82) is 0 Å². The molecule has 7 heteroatoms. The molecule has 0 amide bonds. The Morgan fingerprint density at radius 3 is 2.28 bits per heavy atom.